The number of hydrogen-bond acceptors (Lipinski definition) is 1. The number of hydrogen-bond donors (Lipinski definition) is 2. The van der Waals surface area contributed by atoms with E-state index in [2.05, 4.69) is 10.6 Å². The molecular formula is C3H12N2O. The number of nitrogens with one attached hydrogen (secondary N) is 2. The summed E-state index contributed by atoms with van der Waals surface area (Å²) in [6, 6.07) is -0.157. The molecule has 0 atom stereocenters. The molecule has 0 heterocycles. The standard InChI is InChI=1S/C3H8N2O.2H2/c1-4-3(6)5-2;;/h1-2H3,(H2,4,5,6);2*1H. The first kappa shape index (κ1) is 5.27. The molecule has 2 N–H and O–H groups in total. The molecule has 2 amide bonds. The van der Waals surface area contributed by atoms with Gasteiger partial charge in [-0.2, -0.15) is 0 Å². The molecule has 3 heteroatoms. The second-order valence-electron chi connectivity index (χ2n) is 0.829. The van der Waals surface area contributed by atoms with Gasteiger partial charge in [-0.1, -0.05) is 0 Å². The normalized spacial score (nSPS) is 7.00. The Kier molecular flexibility index (Phi) is 2.20. The average Bonchev–Trinajstić information content (AvgIpc) is 1.65. The Bertz CT molecular complexity index is 53.2. The van der Waals surface area contributed by atoms with E-state index in [1.807, 2.05) is 0 Å². The first-order valence-corrected chi connectivity index (χ1v) is 1.70. The van der Waals surface area contributed by atoms with Crippen LogP contribution in [0.1, 0.15) is 2.85 Å². The van der Waals surface area contributed by atoms with E-state index in [-0.39, 0.29) is 8.88 Å². The number of carbonyl (C=O) groups is 1. The van der Waals surface area contributed by atoms with Gasteiger partial charge in [-0.05, 0) is 0 Å². The summed E-state index contributed by atoms with van der Waals surface area (Å²) in [5, 5.41) is 4.73. The van der Waals surface area contributed by atoms with Crippen molar-refractivity contribution in [2.75, 3.05) is 14.1 Å². The van der Waals surface area contributed by atoms with Crippen LogP contribution in [-0.4, -0.2) is 20.1 Å². The monoisotopic (exact) mass is 92.1 g/mol. The maximum absolute atomic E-state index is 9.96. The summed E-state index contributed by atoms with van der Waals surface area (Å²) in [7, 11) is 3.14. The fraction of sp³-hybridized carbons (Fsp3) is 0.667. The molecule has 40 valence electrons. The summed E-state index contributed by atoms with van der Waals surface area (Å²) in [4.78, 5) is 9.96. The Hall–Kier alpha value is -0.730. The summed E-state index contributed by atoms with van der Waals surface area (Å²) in [5.41, 5.74) is 0. The first-order valence-electron chi connectivity index (χ1n) is 1.70. The SMILES string of the molecule is CNC(=O)NC.[HH].[HH]. The van der Waals surface area contributed by atoms with Gasteiger partial charge in [0, 0.05) is 16.9 Å². The van der Waals surface area contributed by atoms with Crippen LogP contribution in [0.5, 0.6) is 0 Å². The number of urea groups is 1. The van der Waals surface area contributed by atoms with Crippen LogP contribution >= 0.6 is 0 Å². The second kappa shape index (κ2) is 2.50. The Morgan fingerprint density at radius 3 is 1.83 bits per heavy atom. The first-order chi connectivity index (χ1) is 2.81. The summed E-state index contributed by atoms with van der Waals surface area (Å²) in [6.45, 7) is 0. The smallest absolute Gasteiger partial charge is 0.314 e. The third-order valence-electron chi connectivity index (χ3n) is 0.454. The van der Waals surface area contributed by atoms with Gasteiger partial charge in [0.25, 0.3) is 0 Å². The van der Waals surface area contributed by atoms with Gasteiger partial charge in [-0.15, -0.1) is 0 Å². The molecule has 0 aliphatic rings. The Morgan fingerprint density at radius 2 is 1.83 bits per heavy atom. The maximum Gasteiger partial charge on any atom is 0.314 e. The summed E-state index contributed by atoms with van der Waals surface area (Å²) in [6.07, 6.45) is 0. The number of carbonyl (C=O) groups excluding carboxylic acids is 1. The van der Waals surface area contributed by atoms with E-state index in [0.717, 1.165) is 0 Å². The Balaban J connectivity index is -0.000000125. The molecule has 0 aliphatic heterocycles. The van der Waals surface area contributed by atoms with Crippen molar-refractivity contribution >= 4 is 6.03 Å². The third kappa shape index (κ3) is 1.58. The highest BCUT2D eigenvalue weighted by Crippen LogP contribution is 1.48. The van der Waals surface area contributed by atoms with E-state index >= 15 is 0 Å². The molecule has 0 aromatic heterocycles. The fourth-order valence-electron chi connectivity index (χ4n) is 0.125. The predicted molar refractivity (Wildman–Crippen MR) is 27.7 cm³/mol. The molecule has 0 aromatic rings. The maximum atomic E-state index is 9.96. The zero-order valence-electron chi connectivity index (χ0n) is 3.91. The Labute approximate surface area is 39.7 Å². The van der Waals surface area contributed by atoms with Crippen LogP contribution in [0, 0.1) is 0 Å². The minimum Gasteiger partial charge on any atom is -0.341 e. The molecule has 0 saturated heterocycles. The van der Waals surface area contributed by atoms with E-state index in [4.69, 9.17) is 0 Å². The van der Waals surface area contributed by atoms with E-state index < -0.39 is 0 Å². The van der Waals surface area contributed by atoms with Crippen molar-refractivity contribution in [2.45, 2.75) is 0 Å². The molecule has 0 aromatic carbocycles. The van der Waals surface area contributed by atoms with E-state index in [9.17, 15) is 4.79 Å². The molecule has 0 rings (SSSR count). The van der Waals surface area contributed by atoms with Crippen LogP contribution in [0.15, 0.2) is 0 Å². The fourth-order valence-corrected chi connectivity index (χ4v) is 0.125. The molecule has 6 heavy (non-hydrogen) atoms. The zero-order chi connectivity index (χ0) is 4.99. The van der Waals surface area contributed by atoms with Crippen LogP contribution in [0.25, 0.3) is 0 Å². The topological polar surface area (TPSA) is 41.1 Å². The van der Waals surface area contributed by atoms with Crippen molar-refractivity contribution in [3.63, 3.8) is 0 Å². The number of amides is 2. The van der Waals surface area contributed by atoms with Gasteiger partial charge in [0.15, 0.2) is 0 Å². The van der Waals surface area contributed by atoms with Crippen LogP contribution in [0.2, 0.25) is 0 Å². The average molecular weight is 92.1 g/mol. The summed E-state index contributed by atoms with van der Waals surface area (Å²) >= 11 is 0. The molecular weight excluding hydrogens is 80.0 g/mol. The van der Waals surface area contributed by atoms with Crippen molar-refractivity contribution in [2.24, 2.45) is 0 Å². The van der Waals surface area contributed by atoms with Gasteiger partial charge < -0.3 is 10.6 Å². The van der Waals surface area contributed by atoms with Gasteiger partial charge in [0.1, 0.15) is 0 Å². The molecule has 0 bridgehead atoms. The molecule has 3 nitrogen and oxygen atoms in total. The molecule has 0 spiro atoms. The summed E-state index contributed by atoms with van der Waals surface area (Å²) < 4.78 is 0. The quantitative estimate of drug-likeness (QED) is 0.435. The van der Waals surface area contributed by atoms with E-state index in [0.29, 0.717) is 0 Å². The number of rotatable bonds is 0. The van der Waals surface area contributed by atoms with Crippen molar-refractivity contribution in [1.29, 1.82) is 0 Å². The highest BCUT2D eigenvalue weighted by atomic mass is 16.2. The van der Waals surface area contributed by atoms with Crippen LogP contribution < -0.4 is 10.6 Å². The van der Waals surface area contributed by atoms with Gasteiger partial charge in [-0.25, -0.2) is 4.79 Å². The Morgan fingerprint density at radius 1 is 1.50 bits per heavy atom. The molecule has 0 unspecified atom stereocenters. The molecule has 0 aliphatic carbocycles. The molecule has 0 radical (unpaired) electrons. The molecule has 0 fully saturated rings. The van der Waals surface area contributed by atoms with Gasteiger partial charge in [0.2, 0.25) is 0 Å². The highest BCUT2D eigenvalue weighted by Gasteiger charge is 1.81. The zero-order valence-corrected chi connectivity index (χ0v) is 3.91. The lowest BCUT2D eigenvalue weighted by Gasteiger charge is -1.91. The van der Waals surface area contributed by atoms with Gasteiger partial charge >= 0.3 is 6.03 Å². The predicted octanol–water partition coefficient (Wildman–Crippen LogP) is 0.0372. The minimum absolute atomic E-state index is 0. The van der Waals surface area contributed by atoms with Crippen LogP contribution in [-0.2, 0) is 0 Å². The second-order valence-corrected chi connectivity index (χ2v) is 0.829. The van der Waals surface area contributed by atoms with Crippen molar-refractivity contribution in [1.82, 2.24) is 10.6 Å². The lowest BCUT2D eigenvalue weighted by Crippen LogP contribution is -2.28. The third-order valence-corrected chi connectivity index (χ3v) is 0.454. The van der Waals surface area contributed by atoms with Gasteiger partial charge in [0.05, 0.1) is 0 Å². The van der Waals surface area contributed by atoms with Crippen molar-refractivity contribution < 1.29 is 7.65 Å². The summed E-state index contributed by atoms with van der Waals surface area (Å²) in [5.74, 6) is 0. The van der Waals surface area contributed by atoms with Crippen LogP contribution in [0.3, 0.4) is 0 Å². The highest BCUT2D eigenvalue weighted by molar-refractivity contribution is 5.72. The lowest BCUT2D eigenvalue weighted by molar-refractivity contribution is 0.245. The molecule has 0 saturated carbocycles. The van der Waals surface area contributed by atoms with Crippen LogP contribution in [0.4, 0.5) is 4.79 Å². The van der Waals surface area contributed by atoms with E-state index in [1.54, 1.807) is 14.1 Å². The minimum atomic E-state index is -0.157. The van der Waals surface area contributed by atoms with Crippen molar-refractivity contribution in [3.8, 4) is 0 Å². The largest absolute Gasteiger partial charge is 0.341 e. The van der Waals surface area contributed by atoms with E-state index in [1.165, 1.54) is 0 Å². The van der Waals surface area contributed by atoms with Gasteiger partial charge in [-0.3, -0.25) is 0 Å². The van der Waals surface area contributed by atoms with Crippen molar-refractivity contribution in [3.05, 3.63) is 0 Å². The lowest BCUT2D eigenvalue weighted by atomic mass is 11.0.